The van der Waals surface area contributed by atoms with E-state index in [1.165, 1.54) is 0 Å². The summed E-state index contributed by atoms with van der Waals surface area (Å²) >= 11 is 0. The van der Waals surface area contributed by atoms with Gasteiger partial charge in [-0.25, -0.2) is 0 Å². The average Bonchev–Trinajstić information content (AvgIpc) is 2.91. The van der Waals surface area contributed by atoms with Crippen molar-refractivity contribution in [1.29, 1.82) is 0 Å². The van der Waals surface area contributed by atoms with Crippen LogP contribution in [0.2, 0.25) is 0 Å². The Hall–Kier alpha value is -1.43. The molecule has 0 aromatic carbocycles. The van der Waals surface area contributed by atoms with Crippen LogP contribution < -0.4 is 5.32 Å². The average molecular weight is 306 g/mol. The number of aliphatic hydroxyl groups is 1. The minimum Gasteiger partial charge on any atom is -0.380 e. The van der Waals surface area contributed by atoms with Crippen LogP contribution in [0.4, 0.5) is 0 Å². The van der Waals surface area contributed by atoms with Crippen molar-refractivity contribution in [2.45, 2.75) is 82.9 Å². The van der Waals surface area contributed by atoms with Gasteiger partial charge >= 0.3 is 0 Å². The van der Waals surface area contributed by atoms with Gasteiger partial charge in [-0.2, -0.15) is 0 Å². The fourth-order valence-electron chi connectivity index (χ4n) is 3.58. The summed E-state index contributed by atoms with van der Waals surface area (Å²) in [6, 6.07) is 0.0550. The van der Waals surface area contributed by atoms with Crippen molar-refractivity contribution in [3.63, 3.8) is 0 Å². The summed E-state index contributed by atoms with van der Waals surface area (Å²) in [7, 11) is 0. The molecule has 1 aliphatic heterocycles. The molecule has 2 N–H and O–H groups in total. The van der Waals surface area contributed by atoms with Crippen LogP contribution in [-0.2, 0) is 17.8 Å². The monoisotopic (exact) mass is 306 g/mol. The Bertz CT molecular complexity index is 546. The lowest BCUT2D eigenvalue weighted by Crippen LogP contribution is -2.53. The van der Waals surface area contributed by atoms with Crippen molar-refractivity contribution < 1.29 is 9.90 Å². The lowest BCUT2D eigenvalue weighted by molar-refractivity contribution is -0.144. The Morgan fingerprint density at radius 2 is 2.05 bits per heavy atom. The summed E-state index contributed by atoms with van der Waals surface area (Å²) in [5.74, 6) is 2.11. The Labute approximate surface area is 131 Å². The number of carbonyl (C=O) groups is 1. The van der Waals surface area contributed by atoms with Gasteiger partial charge in [-0.05, 0) is 19.3 Å². The Morgan fingerprint density at radius 1 is 1.32 bits per heavy atom. The van der Waals surface area contributed by atoms with Crippen LogP contribution in [0, 0.1) is 0 Å². The van der Waals surface area contributed by atoms with Crippen molar-refractivity contribution in [2.24, 2.45) is 0 Å². The van der Waals surface area contributed by atoms with Crippen molar-refractivity contribution in [1.82, 2.24) is 20.1 Å². The van der Waals surface area contributed by atoms with Crippen molar-refractivity contribution in [3.05, 3.63) is 11.6 Å². The molecule has 2 heterocycles. The SMILES string of the molecule is CC(C)c1nnc2n1C[C@@H](NC(=O)C1(O)CCCCC1)CC2. The van der Waals surface area contributed by atoms with E-state index >= 15 is 0 Å². The summed E-state index contributed by atoms with van der Waals surface area (Å²) in [4.78, 5) is 12.5. The molecule has 1 aliphatic carbocycles. The molecule has 2 aliphatic rings. The highest BCUT2D eigenvalue weighted by molar-refractivity contribution is 5.85. The highest BCUT2D eigenvalue weighted by Crippen LogP contribution is 2.29. The van der Waals surface area contributed by atoms with E-state index in [-0.39, 0.29) is 11.9 Å². The second-order valence-corrected chi connectivity index (χ2v) is 7.04. The number of nitrogens with one attached hydrogen (secondary N) is 1. The third kappa shape index (κ3) is 2.89. The minimum atomic E-state index is -1.16. The van der Waals surface area contributed by atoms with Crippen molar-refractivity contribution in [3.8, 4) is 0 Å². The summed E-state index contributed by atoms with van der Waals surface area (Å²) < 4.78 is 2.13. The molecule has 1 atom stereocenters. The molecule has 0 saturated heterocycles. The predicted octanol–water partition coefficient (Wildman–Crippen LogP) is 1.53. The standard InChI is InChI=1S/C16H26N4O2/c1-11(2)14-19-18-13-7-6-12(10-20(13)14)17-15(21)16(22)8-4-3-5-9-16/h11-12,22H,3-10H2,1-2H3,(H,17,21)/t12-/m0/s1. The van der Waals surface area contributed by atoms with Gasteiger partial charge in [0, 0.05) is 24.9 Å². The van der Waals surface area contributed by atoms with Crippen LogP contribution in [0.25, 0.3) is 0 Å². The molecule has 0 spiro atoms. The molecule has 1 aromatic rings. The van der Waals surface area contributed by atoms with Gasteiger partial charge < -0.3 is 15.0 Å². The number of amides is 1. The number of nitrogens with zero attached hydrogens (tertiary/aromatic N) is 3. The van der Waals surface area contributed by atoms with E-state index in [9.17, 15) is 9.90 Å². The smallest absolute Gasteiger partial charge is 0.252 e. The fourth-order valence-corrected chi connectivity index (χ4v) is 3.58. The third-order valence-electron chi connectivity index (χ3n) is 4.93. The Morgan fingerprint density at radius 3 is 2.73 bits per heavy atom. The van der Waals surface area contributed by atoms with E-state index in [4.69, 9.17) is 0 Å². The van der Waals surface area contributed by atoms with Gasteiger partial charge in [-0.3, -0.25) is 4.79 Å². The number of aromatic nitrogens is 3. The molecule has 1 amide bonds. The van der Waals surface area contributed by atoms with Crippen LogP contribution in [-0.4, -0.2) is 37.4 Å². The summed E-state index contributed by atoms with van der Waals surface area (Å²) in [5.41, 5.74) is -1.16. The molecular weight excluding hydrogens is 280 g/mol. The quantitative estimate of drug-likeness (QED) is 0.887. The molecule has 1 saturated carbocycles. The zero-order chi connectivity index (χ0) is 15.7. The van der Waals surface area contributed by atoms with E-state index in [0.29, 0.717) is 25.3 Å². The van der Waals surface area contributed by atoms with Gasteiger partial charge in [-0.1, -0.05) is 33.1 Å². The van der Waals surface area contributed by atoms with Crippen LogP contribution >= 0.6 is 0 Å². The molecule has 0 bridgehead atoms. The fraction of sp³-hybridized carbons (Fsp3) is 0.812. The maximum absolute atomic E-state index is 12.5. The molecule has 6 heteroatoms. The van der Waals surface area contributed by atoms with Crippen LogP contribution in [0.3, 0.4) is 0 Å². The number of hydrogen-bond acceptors (Lipinski definition) is 4. The second kappa shape index (κ2) is 5.99. The van der Waals surface area contributed by atoms with E-state index in [1.54, 1.807) is 0 Å². The summed E-state index contributed by atoms with van der Waals surface area (Å²) in [5, 5.41) is 22.1. The Kier molecular flexibility index (Phi) is 4.21. The van der Waals surface area contributed by atoms with Gasteiger partial charge in [-0.15, -0.1) is 10.2 Å². The molecule has 1 fully saturated rings. The van der Waals surface area contributed by atoms with Crippen molar-refractivity contribution >= 4 is 5.91 Å². The normalized spacial score (nSPS) is 24.1. The summed E-state index contributed by atoms with van der Waals surface area (Å²) in [6.07, 6.45) is 5.83. The lowest BCUT2D eigenvalue weighted by atomic mass is 9.84. The number of fused-ring (bicyclic) bond motifs is 1. The van der Waals surface area contributed by atoms with E-state index < -0.39 is 5.60 Å². The zero-order valence-electron chi connectivity index (χ0n) is 13.5. The topological polar surface area (TPSA) is 80.0 Å². The zero-order valence-corrected chi connectivity index (χ0v) is 13.5. The molecular formula is C16H26N4O2. The Balaban J connectivity index is 1.67. The minimum absolute atomic E-state index is 0.0550. The molecule has 6 nitrogen and oxygen atoms in total. The van der Waals surface area contributed by atoms with Gasteiger partial charge in [0.1, 0.15) is 17.2 Å². The molecule has 3 rings (SSSR count). The van der Waals surface area contributed by atoms with Crippen LogP contribution in [0.5, 0.6) is 0 Å². The van der Waals surface area contributed by atoms with E-state index in [1.807, 2.05) is 0 Å². The molecule has 122 valence electrons. The largest absolute Gasteiger partial charge is 0.380 e. The van der Waals surface area contributed by atoms with Gasteiger partial charge in [0.15, 0.2) is 0 Å². The number of aryl methyl sites for hydroxylation is 1. The van der Waals surface area contributed by atoms with Gasteiger partial charge in [0.05, 0.1) is 0 Å². The van der Waals surface area contributed by atoms with Gasteiger partial charge in [0.2, 0.25) is 0 Å². The second-order valence-electron chi connectivity index (χ2n) is 7.04. The number of hydrogen-bond donors (Lipinski definition) is 2. The highest BCUT2D eigenvalue weighted by atomic mass is 16.3. The lowest BCUT2D eigenvalue weighted by Gasteiger charge is -2.33. The molecule has 22 heavy (non-hydrogen) atoms. The first-order valence-electron chi connectivity index (χ1n) is 8.45. The first-order chi connectivity index (χ1) is 10.5. The predicted molar refractivity (Wildman–Crippen MR) is 82.4 cm³/mol. The van der Waals surface area contributed by atoms with E-state index in [2.05, 4.69) is 33.9 Å². The third-order valence-corrected chi connectivity index (χ3v) is 4.93. The first kappa shape index (κ1) is 15.5. The maximum Gasteiger partial charge on any atom is 0.252 e. The summed E-state index contributed by atoms with van der Waals surface area (Å²) in [6.45, 7) is 4.91. The van der Waals surface area contributed by atoms with Crippen LogP contribution in [0.1, 0.15) is 69.9 Å². The number of rotatable bonds is 3. The molecule has 1 aromatic heterocycles. The van der Waals surface area contributed by atoms with Crippen LogP contribution in [0.15, 0.2) is 0 Å². The van der Waals surface area contributed by atoms with Gasteiger partial charge in [0.25, 0.3) is 5.91 Å². The molecule has 0 radical (unpaired) electrons. The molecule has 0 unspecified atom stereocenters. The van der Waals surface area contributed by atoms with Crippen molar-refractivity contribution in [2.75, 3.05) is 0 Å². The van der Waals surface area contributed by atoms with E-state index in [0.717, 1.165) is 43.8 Å². The first-order valence-corrected chi connectivity index (χ1v) is 8.45. The number of carbonyl (C=O) groups excluding carboxylic acids is 1. The maximum atomic E-state index is 12.5. The highest BCUT2D eigenvalue weighted by Gasteiger charge is 2.38.